The summed E-state index contributed by atoms with van der Waals surface area (Å²) in [5.41, 5.74) is 11.1. The van der Waals surface area contributed by atoms with E-state index in [1.54, 1.807) is 19.3 Å². The number of nitrogens with two attached hydrogens (primary N) is 2. The largest absolute Gasteiger partial charge is 0.351 e. The molecule has 1 heterocycles. The highest BCUT2D eigenvalue weighted by Crippen LogP contribution is 2.09. The Morgan fingerprint density at radius 1 is 1.50 bits per heavy atom. The monoisotopic (exact) mass is 195 g/mol. The summed E-state index contributed by atoms with van der Waals surface area (Å²) >= 11 is 0. The topological polar surface area (TPSA) is 98.1 Å². The Labute approximate surface area is 81.9 Å². The van der Waals surface area contributed by atoms with Crippen molar-refractivity contribution in [2.45, 2.75) is 6.92 Å². The third kappa shape index (κ3) is 2.40. The molecule has 1 aromatic heterocycles. The first-order valence-corrected chi connectivity index (χ1v) is 4.21. The number of anilines is 1. The van der Waals surface area contributed by atoms with Crippen molar-refractivity contribution in [1.29, 1.82) is 0 Å². The molecule has 0 aliphatic heterocycles. The van der Waals surface area contributed by atoms with Gasteiger partial charge in [0.05, 0.1) is 18.1 Å². The van der Waals surface area contributed by atoms with Gasteiger partial charge in [-0.1, -0.05) is 0 Å². The van der Waals surface area contributed by atoms with Gasteiger partial charge in [-0.25, -0.2) is 14.8 Å². The molecule has 0 bridgehead atoms. The normalized spacial score (nSPS) is 9.86. The SMILES string of the molecule is Cc1ncc(N(CCN)C(N)=O)cn1. The Hall–Kier alpha value is -1.69. The van der Waals surface area contributed by atoms with Crippen LogP contribution >= 0.6 is 0 Å². The van der Waals surface area contributed by atoms with Crippen LogP contribution in [0.5, 0.6) is 0 Å². The zero-order valence-corrected chi connectivity index (χ0v) is 7.97. The molecule has 14 heavy (non-hydrogen) atoms. The lowest BCUT2D eigenvalue weighted by Gasteiger charge is -2.18. The first kappa shape index (κ1) is 10.4. The molecule has 2 amide bonds. The molecule has 1 aromatic rings. The van der Waals surface area contributed by atoms with Crippen LogP contribution in [0.25, 0.3) is 0 Å². The van der Waals surface area contributed by atoms with E-state index in [-0.39, 0.29) is 0 Å². The molecule has 0 aromatic carbocycles. The second-order valence-electron chi connectivity index (χ2n) is 2.77. The average Bonchev–Trinajstić information content (AvgIpc) is 2.15. The highest BCUT2D eigenvalue weighted by Gasteiger charge is 2.11. The molecular formula is C8H13N5O. The van der Waals surface area contributed by atoms with Crippen molar-refractivity contribution in [1.82, 2.24) is 9.97 Å². The third-order valence-corrected chi connectivity index (χ3v) is 1.70. The molecule has 0 unspecified atom stereocenters. The van der Waals surface area contributed by atoms with Crippen molar-refractivity contribution in [3.05, 3.63) is 18.2 Å². The average molecular weight is 195 g/mol. The van der Waals surface area contributed by atoms with E-state index < -0.39 is 6.03 Å². The fraction of sp³-hybridized carbons (Fsp3) is 0.375. The van der Waals surface area contributed by atoms with Crippen LogP contribution in [0.3, 0.4) is 0 Å². The molecule has 6 nitrogen and oxygen atoms in total. The number of nitrogens with zero attached hydrogens (tertiary/aromatic N) is 3. The van der Waals surface area contributed by atoms with Crippen LogP contribution in [0.4, 0.5) is 10.5 Å². The maximum absolute atomic E-state index is 11.0. The number of carbonyl (C=O) groups is 1. The van der Waals surface area contributed by atoms with E-state index in [4.69, 9.17) is 11.5 Å². The number of carbonyl (C=O) groups excluding carboxylic acids is 1. The summed E-state index contributed by atoms with van der Waals surface area (Å²) in [6.07, 6.45) is 3.09. The molecule has 0 atom stereocenters. The lowest BCUT2D eigenvalue weighted by Crippen LogP contribution is -2.39. The molecule has 6 heteroatoms. The van der Waals surface area contributed by atoms with Crippen molar-refractivity contribution in [2.75, 3.05) is 18.0 Å². The van der Waals surface area contributed by atoms with Crippen LogP contribution < -0.4 is 16.4 Å². The van der Waals surface area contributed by atoms with E-state index in [2.05, 4.69) is 9.97 Å². The van der Waals surface area contributed by atoms with Crippen molar-refractivity contribution >= 4 is 11.7 Å². The zero-order valence-electron chi connectivity index (χ0n) is 7.97. The minimum absolute atomic E-state index is 0.344. The van der Waals surface area contributed by atoms with Crippen molar-refractivity contribution in [3.8, 4) is 0 Å². The third-order valence-electron chi connectivity index (χ3n) is 1.70. The number of aromatic nitrogens is 2. The fourth-order valence-corrected chi connectivity index (χ4v) is 1.02. The smallest absolute Gasteiger partial charge is 0.319 e. The number of hydrogen-bond acceptors (Lipinski definition) is 4. The molecule has 0 saturated heterocycles. The summed E-state index contributed by atoms with van der Waals surface area (Å²) in [6, 6.07) is -0.553. The Bertz CT molecular complexity index is 310. The van der Waals surface area contributed by atoms with E-state index in [1.165, 1.54) is 4.90 Å². The van der Waals surface area contributed by atoms with Gasteiger partial charge < -0.3 is 11.5 Å². The molecule has 0 aliphatic rings. The highest BCUT2D eigenvalue weighted by atomic mass is 16.2. The fourth-order valence-electron chi connectivity index (χ4n) is 1.02. The zero-order chi connectivity index (χ0) is 10.6. The molecule has 0 aliphatic carbocycles. The maximum atomic E-state index is 11.0. The molecule has 1 rings (SSSR count). The first-order valence-electron chi connectivity index (χ1n) is 4.21. The summed E-state index contributed by atoms with van der Waals surface area (Å²) in [6.45, 7) is 2.47. The lowest BCUT2D eigenvalue weighted by molar-refractivity contribution is 0.254. The molecule has 0 radical (unpaired) electrons. The maximum Gasteiger partial charge on any atom is 0.319 e. The molecule has 0 spiro atoms. The van der Waals surface area contributed by atoms with Gasteiger partial charge in [0.2, 0.25) is 0 Å². The second-order valence-corrected chi connectivity index (χ2v) is 2.77. The van der Waals surface area contributed by atoms with E-state index in [0.717, 1.165) is 0 Å². The summed E-state index contributed by atoms with van der Waals surface area (Å²) in [4.78, 5) is 20.3. The standard InChI is InChI=1S/C8H13N5O/c1-6-11-4-7(5-12-6)13(3-2-9)8(10)14/h4-5H,2-3,9H2,1H3,(H2,10,14). The van der Waals surface area contributed by atoms with E-state index in [9.17, 15) is 4.79 Å². The van der Waals surface area contributed by atoms with Gasteiger partial charge in [-0.15, -0.1) is 0 Å². The first-order chi connectivity index (χ1) is 6.65. The van der Waals surface area contributed by atoms with Crippen molar-refractivity contribution in [3.63, 3.8) is 0 Å². The van der Waals surface area contributed by atoms with Crippen LogP contribution in [-0.4, -0.2) is 29.1 Å². The summed E-state index contributed by atoms with van der Waals surface area (Å²) in [7, 11) is 0. The molecular weight excluding hydrogens is 182 g/mol. The number of urea groups is 1. The van der Waals surface area contributed by atoms with Gasteiger partial charge in [0.1, 0.15) is 5.82 Å². The number of rotatable bonds is 3. The van der Waals surface area contributed by atoms with Gasteiger partial charge >= 0.3 is 6.03 Å². The predicted molar refractivity (Wildman–Crippen MR) is 52.8 cm³/mol. The Kier molecular flexibility index (Phi) is 3.35. The van der Waals surface area contributed by atoms with E-state index in [0.29, 0.717) is 24.6 Å². The predicted octanol–water partition coefficient (Wildman–Crippen LogP) is -0.371. The summed E-state index contributed by atoms with van der Waals surface area (Å²) < 4.78 is 0. The quantitative estimate of drug-likeness (QED) is 0.687. The van der Waals surface area contributed by atoms with Gasteiger partial charge in [0, 0.05) is 13.1 Å². The number of amides is 2. The van der Waals surface area contributed by atoms with Crippen molar-refractivity contribution in [2.24, 2.45) is 11.5 Å². The number of hydrogen-bond donors (Lipinski definition) is 2. The van der Waals surface area contributed by atoms with Crippen LogP contribution in [0.15, 0.2) is 12.4 Å². The highest BCUT2D eigenvalue weighted by molar-refractivity contribution is 5.90. The van der Waals surface area contributed by atoms with E-state index >= 15 is 0 Å². The van der Waals surface area contributed by atoms with E-state index in [1.807, 2.05) is 0 Å². The van der Waals surface area contributed by atoms with Crippen LogP contribution in [0, 0.1) is 6.92 Å². The summed E-state index contributed by atoms with van der Waals surface area (Å²) in [5, 5.41) is 0. The van der Waals surface area contributed by atoms with Gasteiger partial charge in [-0.05, 0) is 6.92 Å². The van der Waals surface area contributed by atoms with Crippen LogP contribution in [0.2, 0.25) is 0 Å². The molecule has 0 saturated carbocycles. The van der Waals surface area contributed by atoms with Crippen LogP contribution in [0.1, 0.15) is 5.82 Å². The minimum atomic E-state index is -0.553. The van der Waals surface area contributed by atoms with Crippen molar-refractivity contribution < 1.29 is 4.79 Å². The molecule has 4 N–H and O–H groups in total. The Morgan fingerprint density at radius 3 is 2.50 bits per heavy atom. The number of primary amides is 1. The minimum Gasteiger partial charge on any atom is -0.351 e. The Balaban J connectivity index is 2.87. The lowest BCUT2D eigenvalue weighted by atomic mass is 10.4. The Morgan fingerprint density at radius 2 is 2.07 bits per heavy atom. The summed E-state index contributed by atoms with van der Waals surface area (Å²) in [5.74, 6) is 0.644. The second kappa shape index (κ2) is 4.52. The molecule has 76 valence electrons. The van der Waals surface area contributed by atoms with Gasteiger partial charge in [0.15, 0.2) is 0 Å². The van der Waals surface area contributed by atoms with Gasteiger partial charge in [0.25, 0.3) is 0 Å². The number of aryl methyl sites for hydroxylation is 1. The van der Waals surface area contributed by atoms with Gasteiger partial charge in [-0.3, -0.25) is 4.90 Å². The van der Waals surface area contributed by atoms with Gasteiger partial charge in [-0.2, -0.15) is 0 Å². The van der Waals surface area contributed by atoms with Crippen LogP contribution in [-0.2, 0) is 0 Å². The molecule has 0 fully saturated rings.